The smallest absolute Gasteiger partial charge is 0.191 e. The van der Waals surface area contributed by atoms with Crippen molar-refractivity contribution in [2.75, 3.05) is 32.5 Å². The number of benzene rings is 1. The molecule has 0 aliphatic rings. The van der Waals surface area contributed by atoms with Gasteiger partial charge < -0.3 is 15.4 Å². The summed E-state index contributed by atoms with van der Waals surface area (Å²) in [6.07, 6.45) is 0.911. The Morgan fingerprint density at radius 3 is 2.85 bits per heavy atom. The number of thioether (sulfide) groups is 1. The van der Waals surface area contributed by atoms with Gasteiger partial charge in [0.2, 0.25) is 0 Å². The molecule has 7 heteroatoms. The molecule has 0 aliphatic heterocycles. The fourth-order valence-corrected chi connectivity index (χ4v) is 4.13. The SMILES string of the molecule is CCNC(=NCC(C)CSc1ccccc1OC)NCCc1csc(C)n1. The first-order valence-electron chi connectivity index (χ1n) is 9.31. The molecule has 148 valence electrons. The van der Waals surface area contributed by atoms with E-state index in [-0.39, 0.29) is 0 Å². The Morgan fingerprint density at radius 1 is 1.33 bits per heavy atom. The lowest BCUT2D eigenvalue weighted by Crippen LogP contribution is -2.38. The van der Waals surface area contributed by atoms with Gasteiger partial charge in [-0.3, -0.25) is 4.99 Å². The minimum Gasteiger partial charge on any atom is -0.496 e. The predicted molar refractivity (Wildman–Crippen MR) is 117 cm³/mol. The Labute approximate surface area is 171 Å². The number of hydrogen-bond donors (Lipinski definition) is 2. The van der Waals surface area contributed by atoms with Crippen molar-refractivity contribution in [1.29, 1.82) is 0 Å². The number of para-hydroxylation sites is 1. The first-order valence-corrected chi connectivity index (χ1v) is 11.2. The molecule has 2 N–H and O–H groups in total. The van der Waals surface area contributed by atoms with Crippen LogP contribution in [0.5, 0.6) is 5.75 Å². The number of ether oxygens (including phenoxy) is 1. The van der Waals surface area contributed by atoms with E-state index in [0.29, 0.717) is 5.92 Å². The van der Waals surface area contributed by atoms with E-state index in [4.69, 9.17) is 9.73 Å². The molecule has 5 nitrogen and oxygen atoms in total. The van der Waals surface area contributed by atoms with Crippen LogP contribution < -0.4 is 15.4 Å². The summed E-state index contributed by atoms with van der Waals surface area (Å²) in [4.78, 5) is 10.4. The molecule has 1 unspecified atom stereocenters. The average molecular weight is 407 g/mol. The Hall–Kier alpha value is -1.73. The third-order valence-corrected chi connectivity index (χ3v) is 6.04. The van der Waals surface area contributed by atoms with Gasteiger partial charge in [-0.25, -0.2) is 4.98 Å². The summed E-state index contributed by atoms with van der Waals surface area (Å²) >= 11 is 3.52. The summed E-state index contributed by atoms with van der Waals surface area (Å²) in [5.41, 5.74) is 1.14. The number of aliphatic imine (C=N–C) groups is 1. The van der Waals surface area contributed by atoms with E-state index in [1.165, 1.54) is 4.90 Å². The topological polar surface area (TPSA) is 58.5 Å². The first kappa shape index (κ1) is 21.6. The largest absolute Gasteiger partial charge is 0.496 e. The fourth-order valence-electron chi connectivity index (χ4n) is 2.44. The van der Waals surface area contributed by atoms with Gasteiger partial charge in [-0.05, 0) is 31.9 Å². The minimum absolute atomic E-state index is 0.469. The Kier molecular flexibility index (Phi) is 9.48. The quantitative estimate of drug-likeness (QED) is 0.355. The zero-order valence-electron chi connectivity index (χ0n) is 16.6. The second-order valence-electron chi connectivity index (χ2n) is 6.32. The zero-order valence-corrected chi connectivity index (χ0v) is 18.3. The van der Waals surface area contributed by atoms with Crippen molar-refractivity contribution >= 4 is 29.1 Å². The second-order valence-corrected chi connectivity index (χ2v) is 8.45. The number of aromatic nitrogens is 1. The van der Waals surface area contributed by atoms with Crippen molar-refractivity contribution in [3.8, 4) is 5.75 Å². The summed E-state index contributed by atoms with van der Waals surface area (Å²) in [6, 6.07) is 8.15. The van der Waals surface area contributed by atoms with E-state index in [2.05, 4.69) is 40.9 Å². The summed E-state index contributed by atoms with van der Waals surface area (Å²) in [6.45, 7) is 8.83. The number of nitrogens with one attached hydrogen (secondary N) is 2. The third-order valence-electron chi connectivity index (χ3n) is 3.84. The molecule has 0 fully saturated rings. The molecule has 1 atom stereocenters. The van der Waals surface area contributed by atoms with Crippen molar-refractivity contribution < 1.29 is 4.74 Å². The van der Waals surface area contributed by atoms with Gasteiger partial charge in [-0.1, -0.05) is 19.1 Å². The highest BCUT2D eigenvalue weighted by molar-refractivity contribution is 7.99. The monoisotopic (exact) mass is 406 g/mol. The van der Waals surface area contributed by atoms with Gasteiger partial charge in [0.05, 0.1) is 17.8 Å². The summed E-state index contributed by atoms with van der Waals surface area (Å²) in [5, 5.41) is 9.96. The molecular weight excluding hydrogens is 376 g/mol. The van der Waals surface area contributed by atoms with Crippen molar-refractivity contribution in [3.63, 3.8) is 0 Å². The van der Waals surface area contributed by atoms with Crippen molar-refractivity contribution in [3.05, 3.63) is 40.3 Å². The van der Waals surface area contributed by atoms with Crippen LogP contribution >= 0.6 is 23.1 Å². The lowest BCUT2D eigenvalue weighted by atomic mass is 10.2. The first-order chi connectivity index (χ1) is 13.1. The van der Waals surface area contributed by atoms with E-state index in [0.717, 1.165) is 54.2 Å². The van der Waals surface area contributed by atoms with Gasteiger partial charge in [-0.15, -0.1) is 23.1 Å². The van der Waals surface area contributed by atoms with Crippen LogP contribution in [0.25, 0.3) is 0 Å². The number of nitrogens with zero attached hydrogens (tertiary/aromatic N) is 2. The summed E-state index contributed by atoms with van der Waals surface area (Å²) in [5.74, 6) is 3.28. The Bertz CT molecular complexity index is 718. The van der Waals surface area contributed by atoms with Gasteiger partial charge in [-0.2, -0.15) is 0 Å². The molecule has 1 heterocycles. The number of thiazole rings is 1. The predicted octanol–water partition coefficient (Wildman–Crippen LogP) is 3.99. The van der Waals surface area contributed by atoms with Gasteiger partial charge in [0.15, 0.2) is 5.96 Å². The zero-order chi connectivity index (χ0) is 19.5. The molecule has 2 aromatic rings. The molecule has 0 bridgehead atoms. The molecule has 0 aliphatic carbocycles. The van der Waals surface area contributed by atoms with Crippen molar-refractivity contribution in [2.45, 2.75) is 32.1 Å². The van der Waals surface area contributed by atoms with Crippen LogP contribution in [-0.4, -0.2) is 43.4 Å². The number of rotatable bonds is 10. The Morgan fingerprint density at radius 2 is 2.15 bits per heavy atom. The molecule has 2 rings (SSSR count). The summed E-state index contributed by atoms with van der Waals surface area (Å²) in [7, 11) is 1.72. The standard InChI is InChI=1S/C20H30N4OS2/c1-5-21-20(22-11-10-17-14-26-16(3)24-17)23-12-15(2)13-27-19-9-7-6-8-18(19)25-4/h6-9,14-15H,5,10-13H2,1-4H3,(H2,21,22,23). The molecule has 0 amide bonds. The molecule has 0 saturated carbocycles. The highest BCUT2D eigenvalue weighted by Gasteiger charge is 2.07. The average Bonchev–Trinajstić information content (AvgIpc) is 3.09. The number of aryl methyl sites for hydroxylation is 1. The van der Waals surface area contributed by atoms with E-state index < -0.39 is 0 Å². The van der Waals surface area contributed by atoms with Gasteiger partial charge in [0.1, 0.15) is 5.75 Å². The van der Waals surface area contributed by atoms with Crippen molar-refractivity contribution in [1.82, 2.24) is 15.6 Å². The van der Waals surface area contributed by atoms with E-state index in [1.807, 2.05) is 36.9 Å². The second kappa shape index (κ2) is 11.9. The molecule has 27 heavy (non-hydrogen) atoms. The maximum absolute atomic E-state index is 5.42. The van der Waals surface area contributed by atoms with Gasteiger partial charge in [0, 0.05) is 42.1 Å². The number of hydrogen-bond acceptors (Lipinski definition) is 5. The number of methoxy groups -OCH3 is 1. The van der Waals surface area contributed by atoms with Crippen molar-refractivity contribution in [2.24, 2.45) is 10.9 Å². The molecule has 0 saturated heterocycles. The molecule has 1 aromatic carbocycles. The Balaban J connectivity index is 1.78. The van der Waals surface area contributed by atoms with Crippen LogP contribution in [0.2, 0.25) is 0 Å². The lowest BCUT2D eigenvalue weighted by molar-refractivity contribution is 0.405. The number of guanidine groups is 1. The lowest BCUT2D eigenvalue weighted by Gasteiger charge is -2.14. The maximum Gasteiger partial charge on any atom is 0.191 e. The van der Waals surface area contributed by atoms with Crippen LogP contribution in [-0.2, 0) is 6.42 Å². The van der Waals surface area contributed by atoms with E-state index in [1.54, 1.807) is 18.4 Å². The van der Waals surface area contributed by atoms with Crippen LogP contribution in [0.15, 0.2) is 39.5 Å². The van der Waals surface area contributed by atoms with E-state index in [9.17, 15) is 0 Å². The highest BCUT2D eigenvalue weighted by atomic mass is 32.2. The molecular formula is C20H30N4OS2. The third kappa shape index (κ3) is 7.81. The molecule has 0 radical (unpaired) electrons. The molecule has 0 spiro atoms. The maximum atomic E-state index is 5.42. The highest BCUT2D eigenvalue weighted by Crippen LogP contribution is 2.29. The van der Waals surface area contributed by atoms with Crippen LogP contribution in [0.4, 0.5) is 0 Å². The van der Waals surface area contributed by atoms with E-state index >= 15 is 0 Å². The minimum atomic E-state index is 0.469. The fraction of sp³-hybridized carbons (Fsp3) is 0.500. The normalized spacial score (nSPS) is 12.7. The van der Waals surface area contributed by atoms with Crippen LogP contribution in [0.1, 0.15) is 24.5 Å². The van der Waals surface area contributed by atoms with Crippen LogP contribution in [0.3, 0.4) is 0 Å². The molecule has 1 aromatic heterocycles. The summed E-state index contributed by atoms with van der Waals surface area (Å²) < 4.78 is 5.42. The van der Waals surface area contributed by atoms with Crippen LogP contribution in [0, 0.1) is 12.8 Å². The van der Waals surface area contributed by atoms with Gasteiger partial charge >= 0.3 is 0 Å². The van der Waals surface area contributed by atoms with Gasteiger partial charge in [0.25, 0.3) is 0 Å².